The normalized spacial score (nSPS) is 46.6. The van der Waals surface area contributed by atoms with Gasteiger partial charge in [0.1, 0.15) is 0 Å². The molecule has 4 fully saturated rings. The fourth-order valence-electron chi connectivity index (χ4n) is 9.16. The summed E-state index contributed by atoms with van der Waals surface area (Å²) in [5.74, 6) is 5.08. The van der Waals surface area contributed by atoms with Crippen molar-refractivity contribution in [3.63, 3.8) is 0 Å². The summed E-state index contributed by atoms with van der Waals surface area (Å²) in [4.78, 5) is 12.2. The SMILES string of the molecule is CC(C)NC(=O)CC[C@@H](C)[C@H]1CCC2C3CCC4CC(O)CC[C@]4(C)C3CC[C@@]21C. The van der Waals surface area contributed by atoms with Gasteiger partial charge in [-0.25, -0.2) is 0 Å². The van der Waals surface area contributed by atoms with E-state index in [2.05, 4.69) is 26.1 Å². The minimum Gasteiger partial charge on any atom is -0.393 e. The highest BCUT2D eigenvalue weighted by atomic mass is 16.3. The Morgan fingerprint density at radius 3 is 2.40 bits per heavy atom. The molecule has 0 aromatic rings. The van der Waals surface area contributed by atoms with Crippen LogP contribution >= 0.6 is 0 Å². The zero-order chi connectivity index (χ0) is 21.7. The summed E-state index contributed by atoms with van der Waals surface area (Å²) in [6.45, 7) is 11.7. The van der Waals surface area contributed by atoms with Crippen LogP contribution in [0.1, 0.15) is 105 Å². The van der Waals surface area contributed by atoms with Crippen molar-refractivity contribution in [1.29, 1.82) is 0 Å². The molecule has 30 heavy (non-hydrogen) atoms. The highest BCUT2D eigenvalue weighted by Crippen LogP contribution is 2.68. The molecule has 4 aliphatic rings. The van der Waals surface area contributed by atoms with Crippen LogP contribution in [0.4, 0.5) is 0 Å². The number of hydrogen-bond acceptors (Lipinski definition) is 2. The molecule has 172 valence electrons. The Morgan fingerprint density at radius 1 is 0.967 bits per heavy atom. The molecule has 2 N–H and O–H groups in total. The van der Waals surface area contributed by atoms with E-state index in [1.54, 1.807) is 0 Å². The molecule has 4 saturated carbocycles. The molecule has 0 aromatic carbocycles. The minimum absolute atomic E-state index is 0.0434. The van der Waals surface area contributed by atoms with Crippen molar-refractivity contribution in [3.05, 3.63) is 0 Å². The number of carbonyl (C=O) groups excluding carboxylic acids is 1. The molecule has 4 aliphatic carbocycles. The van der Waals surface area contributed by atoms with Crippen LogP contribution in [0.15, 0.2) is 0 Å². The lowest BCUT2D eigenvalue weighted by Gasteiger charge is -2.61. The summed E-state index contributed by atoms with van der Waals surface area (Å²) >= 11 is 0. The fourth-order valence-corrected chi connectivity index (χ4v) is 9.16. The van der Waals surface area contributed by atoms with Gasteiger partial charge in [0.25, 0.3) is 0 Å². The van der Waals surface area contributed by atoms with Crippen molar-refractivity contribution in [3.8, 4) is 0 Å². The summed E-state index contributed by atoms with van der Waals surface area (Å²) in [7, 11) is 0. The Morgan fingerprint density at radius 2 is 1.67 bits per heavy atom. The molecule has 9 atom stereocenters. The smallest absolute Gasteiger partial charge is 0.220 e. The number of nitrogens with one attached hydrogen (secondary N) is 1. The van der Waals surface area contributed by atoms with Crippen LogP contribution < -0.4 is 5.32 Å². The van der Waals surface area contributed by atoms with E-state index < -0.39 is 0 Å². The van der Waals surface area contributed by atoms with Gasteiger partial charge in [-0.05, 0) is 124 Å². The van der Waals surface area contributed by atoms with Crippen molar-refractivity contribution in [2.75, 3.05) is 0 Å². The van der Waals surface area contributed by atoms with Crippen LogP contribution in [-0.2, 0) is 4.79 Å². The summed E-state index contributed by atoms with van der Waals surface area (Å²) in [6.07, 6.45) is 13.3. The number of fused-ring (bicyclic) bond motifs is 5. The maximum atomic E-state index is 12.2. The van der Waals surface area contributed by atoms with Crippen LogP contribution in [0.25, 0.3) is 0 Å². The number of aliphatic hydroxyl groups excluding tert-OH is 1. The predicted molar refractivity (Wildman–Crippen MR) is 123 cm³/mol. The van der Waals surface area contributed by atoms with E-state index in [1.165, 1.54) is 44.9 Å². The number of aliphatic hydroxyl groups is 1. The van der Waals surface area contributed by atoms with E-state index in [0.29, 0.717) is 23.2 Å². The zero-order valence-electron chi connectivity index (χ0n) is 20.3. The van der Waals surface area contributed by atoms with Crippen LogP contribution in [0, 0.1) is 46.3 Å². The second kappa shape index (κ2) is 8.41. The first-order chi connectivity index (χ1) is 14.1. The molecule has 1 amide bonds. The predicted octanol–water partition coefficient (Wildman–Crippen LogP) is 5.95. The van der Waals surface area contributed by atoms with E-state index in [4.69, 9.17) is 0 Å². The standard InChI is InChI=1S/C27H47NO2/c1-17(2)28-25(30)11-6-18(3)22-9-10-23-21-8-7-19-16-20(29)12-14-26(19,4)24(21)13-15-27(22,23)5/h17-24,29H,6-16H2,1-5H3,(H,28,30)/t18-,19?,20?,21?,22-,23?,24?,26+,27-/m1/s1. The van der Waals surface area contributed by atoms with Gasteiger partial charge in [-0.2, -0.15) is 0 Å². The average Bonchev–Trinajstić information content (AvgIpc) is 3.03. The zero-order valence-corrected chi connectivity index (χ0v) is 20.3. The topological polar surface area (TPSA) is 49.3 Å². The van der Waals surface area contributed by atoms with Crippen molar-refractivity contribution in [2.24, 2.45) is 46.3 Å². The maximum absolute atomic E-state index is 12.2. The maximum Gasteiger partial charge on any atom is 0.220 e. The van der Waals surface area contributed by atoms with Gasteiger partial charge in [-0.15, -0.1) is 0 Å². The van der Waals surface area contributed by atoms with E-state index >= 15 is 0 Å². The van der Waals surface area contributed by atoms with Gasteiger partial charge in [0.15, 0.2) is 0 Å². The summed E-state index contributed by atoms with van der Waals surface area (Å²) in [5, 5.41) is 13.3. The number of amides is 1. The van der Waals surface area contributed by atoms with Gasteiger partial charge in [-0.3, -0.25) is 4.79 Å². The molecule has 4 rings (SSSR count). The summed E-state index contributed by atoms with van der Waals surface area (Å²) in [5.41, 5.74) is 0.953. The van der Waals surface area contributed by atoms with Gasteiger partial charge in [0.2, 0.25) is 5.91 Å². The molecule has 0 heterocycles. The van der Waals surface area contributed by atoms with Crippen molar-refractivity contribution in [1.82, 2.24) is 5.32 Å². The van der Waals surface area contributed by atoms with E-state index in [1.807, 2.05) is 13.8 Å². The summed E-state index contributed by atoms with van der Waals surface area (Å²) in [6, 6.07) is 0.244. The van der Waals surface area contributed by atoms with Gasteiger partial charge < -0.3 is 10.4 Å². The highest BCUT2D eigenvalue weighted by molar-refractivity contribution is 5.76. The molecule has 0 bridgehead atoms. The molecular formula is C27H47NO2. The second-order valence-electron chi connectivity index (χ2n) is 12.6. The van der Waals surface area contributed by atoms with Crippen molar-refractivity contribution in [2.45, 2.75) is 117 Å². The molecule has 3 heteroatoms. The third-order valence-corrected chi connectivity index (χ3v) is 10.7. The molecule has 5 unspecified atom stereocenters. The summed E-state index contributed by atoms with van der Waals surface area (Å²) < 4.78 is 0. The molecule has 0 spiro atoms. The molecule has 0 radical (unpaired) electrons. The molecule has 0 saturated heterocycles. The quantitative estimate of drug-likeness (QED) is 0.581. The lowest BCUT2D eigenvalue weighted by atomic mass is 9.44. The van der Waals surface area contributed by atoms with Crippen molar-refractivity contribution < 1.29 is 9.90 Å². The van der Waals surface area contributed by atoms with Crippen LogP contribution in [0.5, 0.6) is 0 Å². The number of rotatable bonds is 5. The molecule has 0 aromatic heterocycles. The number of carbonyl (C=O) groups is 1. The molecule has 3 nitrogen and oxygen atoms in total. The van der Waals surface area contributed by atoms with Crippen LogP contribution in [0.3, 0.4) is 0 Å². The Balaban J connectivity index is 1.43. The van der Waals surface area contributed by atoms with Gasteiger partial charge in [0.05, 0.1) is 6.10 Å². The fraction of sp³-hybridized carbons (Fsp3) is 0.963. The lowest BCUT2D eigenvalue weighted by Crippen LogP contribution is -2.54. The largest absolute Gasteiger partial charge is 0.393 e. The van der Waals surface area contributed by atoms with Crippen LogP contribution in [0.2, 0.25) is 0 Å². The average molecular weight is 418 g/mol. The second-order valence-corrected chi connectivity index (χ2v) is 12.6. The Labute approximate surface area is 185 Å². The minimum atomic E-state index is -0.0434. The first-order valence-corrected chi connectivity index (χ1v) is 13.1. The first-order valence-electron chi connectivity index (χ1n) is 13.1. The Hall–Kier alpha value is -0.570. The monoisotopic (exact) mass is 417 g/mol. The van der Waals surface area contributed by atoms with E-state index in [9.17, 15) is 9.90 Å². The Kier molecular flexibility index (Phi) is 6.34. The van der Waals surface area contributed by atoms with Crippen LogP contribution in [-0.4, -0.2) is 23.2 Å². The third kappa shape index (κ3) is 3.86. The molecular weight excluding hydrogens is 370 g/mol. The van der Waals surface area contributed by atoms with Gasteiger partial charge in [0, 0.05) is 12.5 Å². The van der Waals surface area contributed by atoms with Crippen molar-refractivity contribution >= 4 is 5.91 Å². The van der Waals surface area contributed by atoms with Gasteiger partial charge in [-0.1, -0.05) is 20.8 Å². The highest BCUT2D eigenvalue weighted by Gasteiger charge is 2.60. The van der Waals surface area contributed by atoms with E-state index in [-0.39, 0.29) is 18.1 Å². The third-order valence-electron chi connectivity index (χ3n) is 10.7. The number of hydrogen-bond donors (Lipinski definition) is 2. The first kappa shape index (κ1) is 22.6. The lowest BCUT2D eigenvalue weighted by molar-refractivity contribution is -0.130. The molecule has 0 aliphatic heterocycles. The Bertz CT molecular complexity index is 632. The van der Waals surface area contributed by atoms with Gasteiger partial charge >= 0.3 is 0 Å². The van der Waals surface area contributed by atoms with E-state index in [0.717, 1.165) is 48.9 Å².